The molecule has 0 spiro atoms. The molecule has 1 atom stereocenters. The fraction of sp³-hybridized carbons (Fsp3) is 0.292. The number of pyridine rings is 1. The zero-order valence-corrected chi connectivity index (χ0v) is 16.6. The standard InChI is InChI=1S/C24H24N2O3/c1-15-7-9-17(10-8-15)14-25-23(27)16(2)29-24(28)20-13-22(18-11-12-18)26-21-6-4-3-5-19(20)21/h3-10,13,16,18H,11-12,14H2,1-2H3,(H,25,27)/t16-/m1/s1. The van der Waals surface area contributed by atoms with Gasteiger partial charge in [0.25, 0.3) is 5.91 Å². The number of benzene rings is 2. The molecule has 1 aliphatic carbocycles. The molecule has 4 rings (SSSR count). The first-order chi connectivity index (χ1) is 14.0. The highest BCUT2D eigenvalue weighted by molar-refractivity contribution is 6.04. The summed E-state index contributed by atoms with van der Waals surface area (Å²) in [6, 6.07) is 17.3. The maximum atomic E-state index is 12.9. The van der Waals surface area contributed by atoms with Crippen LogP contribution in [0.2, 0.25) is 0 Å². The summed E-state index contributed by atoms with van der Waals surface area (Å²) < 4.78 is 5.49. The quantitative estimate of drug-likeness (QED) is 0.640. The molecule has 1 fully saturated rings. The van der Waals surface area contributed by atoms with Crippen LogP contribution in [0.5, 0.6) is 0 Å². The summed E-state index contributed by atoms with van der Waals surface area (Å²) >= 11 is 0. The summed E-state index contributed by atoms with van der Waals surface area (Å²) in [6.07, 6.45) is 1.30. The van der Waals surface area contributed by atoms with Crippen molar-refractivity contribution < 1.29 is 14.3 Å². The minimum Gasteiger partial charge on any atom is -0.449 e. The van der Waals surface area contributed by atoms with Crippen molar-refractivity contribution in [1.29, 1.82) is 0 Å². The predicted octanol–water partition coefficient (Wildman–Crippen LogP) is 4.28. The molecule has 1 heterocycles. The lowest BCUT2D eigenvalue weighted by molar-refractivity contribution is -0.129. The average molecular weight is 388 g/mol. The molecular weight excluding hydrogens is 364 g/mol. The van der Waals surface area contributed by atoms with Crippen molar-refractivity contribution in [3.8, 4) is 0 Å². The molecule has 1 N–H and O–H groups in total. The Balaban J connectivity index is 1.45. The van der Waals surface area contributed by atoms with Gasteiger partial charge < -0.3 is 10.1 Å². The third kappa shape index (κ3) is 4.45. The first kappa shape index (κ1) is 19.1. The zero-order chi connectivity index (χ0) is 20.4. The number of nitrogens with zero attached hydrogens (tertiary/aromatic N) is 1. The van der Waals surface area contributed by atoms with Gasteiger partial charge in [0.1, 0.15) is 0 Å². The number of fused-ring (bicyclic) bond motifs is 1. The smallest absolute Gasteiger partial charge is 0.339 e. The minimum absolute atomic E-state index is 0.320. The largest absolute Gasteiger partial charge is 0.449 e. The Hall–Kier alpha value is -3.21. The second kappa shape index (κ2) is 8.03. The van der Waals surface area contributed by atoms with Gasteiger partial charge in [-0.3, -0.25) is 9.78 Å². The summed E-state index contributed by atoms with van der Waals surface area (Å²) in [5, 5.41) is 3.57. The van der Waals surface area contributed by atoms with Gasteiger partial charge in [0.15, 0.2) is 6.10 Å². The number of amides is 1. The van der Waals surface area contributed by atoms with E-state index in [2.05, 4.69) is 10.3 Å². The fourth-order valence-corrected chi connectivity index (χ4v) is 3.27. The van der Waals surface area contributed by atoms with E-state index in [4.69, 9.17) is 4.74 Å². The number of carbonyl (C=O) groups is 2. The number of hydrogen-bond donors (Lipinski definition) is 1. The number of rotatable bonds is 6. The molecule has 1 saturated carbocycles. The van der Waals surface area contributed by atoms with Crippen molar-refractivity contribution in [3.63, 3.8) is 0 Å². The van der Waals surface area contributed by atoms with Crippen LogP contribution in [0.25, 0.3) is 10.9 Å². The summed E-state index contributed by atoms with van der Waals surface area (Å²) in [5.74, 6) is -0.399. The molecule has 0 unspecified atom stereocenters. The lowest BCUT2D eigenvalue weighted by Crippen LogP contribution is -2.35. The predicted molar refractivity (Wildman–Crippen MR) is 112 cm³/mol. The number of esters is 1. The van der Waals surface area contributed by atoms with Crippen LogP contribution < -0.4 is 5.32 Å². The number of hydrogen-bond acceptors (Lipinski definition) is 4. The average Bonchev–Trinajstić information content (AvgIpc) is 3.57. The number of carbonyl (C=O) groups excluding carboxylic acids is 2. The molecule has 0 aliphatic heterocycles. The Morgan fingerprint density at radius 2 is 1.86 bits per heavy atom. The van der Waals surface area contributed by atoms with Crippen LogP contribution in [-0.2, 0) is 16.1 Å². The van der Waals surface area contributed by atoms with Crippen LogP contribution in [0.1, 0.15) is 52.9 Å². The maximum Gasteiger partial charge on any atom is 0.339 e. The Morgan fingerprint density at radius 3 is 2.59 bits per heavy atom. The van der Waals surface area contributed by atoms with E-state index < -0.39 is 12.1 Å². The van der Waals surface area contributed by atoms with Crippen molar-refractivity contribution in [2.45, 2.75) is 45.3 Å². The van der Waals surface area contributed by atoms with E-state index in [1.165, 1.54) is 0 Å². The molecule has 29 heavy (non-hydrogen) atoms. The van der Waals surface area contributed by atoms with E-state index in [1.54, 1.807) is 6.92 Å². The minimum atomic E-state index is -0.885. The maximum absolute atomic E-state index is 12.9. The zero-order valence-electron chi connectivity index (χ0n) is 16.6. The Bertz CT molecular complexity index is 1060. The van der Waals surface area contributed by atoms with Crippen molar-refractivity contribution in [1.82, 2.24) is 10.3 Å². The SMILES string of the molecule is Cc1ccc(CNC(=O)[C@@H](C)OC(=O)c2cc(C3CC3)nc3ccccc23)cc1. The number of ether oxygens (including phenoxy) is 1. The fourth-order valence-electron chi connectivity index (χ4n) is 3.27. The number of aryl methyl sites for hydroxylation is 1. The van der Waals surface area contributed by atoms with Crippen LogP contribution in [-0.4, -0.2) is 23.0 Å². The Labute approximate surface area is 170 Å². The molecule has 1 aromatic heterocycles. The second-order valence-electron chi connectivity index (χ2n) is 7.64. The van der Waals surface area contributed by atoms with Gasteiger partial charge >= 0.3 is 5.97 Å². The van der Waals surface area contributed by atoms with Crippen LogP contribution in [0, 0.1) is 6.92 Å². The lowest BCUT2D eigenvalue weighted by atomic mass is 10.1. The molecule has 1 amide bonds. The molecule has 3 aromatic rings. The van der Waals surface area contributed by atoms with Crippen molar-refractivity contribution in [3.05, 3.63) is 77.0 Å². The molecule has 1 aliphatic rings. The monoisotopic (exact) mass is 388 g/mol. The summed E-state index contributed by atoms with van der Waals surface area (Å²) in [4.78, 5) is 29.9. The van der Waals surface area contributed by atoms with Gasteiger partial charge in [-0.2, -0.15) is 0 Å². The van der Waals surface area contributed by atoms with Gasteiger partial charge in [-0.1, -0.05) is 48.0 Å². The normalized spacial score (nSPS) is 14.4. The van der Waals surface area contributed by atoms with E-state index >= 15 is 0 Å². The Morgan fingerprint density at radius 1 is 1.14 bits per heavy atom. The van der Waals surface area contributed by atoms with Gasteiger partial charge in [-0.15, -0.1) is 0 Å². The summed E-state index contributed by atoms with van der Waals surface area (Å²) in [7, 11) is 0. The first-order valence-corrected chi connectivity index (χ1v) is 9.95. The molecule has 0 saturated heterocycles. The third-order valence-corrected chi connectivity index (χ3v) is 5.19. The molecule has 5 heteroatoms. The third-order valence-electron chi connectivity index (χ3n) is 5.19. The highest BCUT2D eigenvalue weighted by Crippen LogP contribution is 2.40. The highest BCUT2D eigenvalue weighted by atomic mass is 16.5. The van der Waals surface area contributed by atoms with Crippen molar-refractivity contribution in [2.75, 3.05) is 0 Å². The van der Waals surface area contributed by atoms with Crippen molar-refractivity contribution in [2.24, 2.45) is 0 Å². The molecule has 0 bridgehead atoms. The second-order valence-corrected chi connectivity index (χ2v) is 7.64. The van der Waals surface area contributed by atoms with Gasteiger partial charge in [0, 0.05) is 23.5 Å². The van der Waals surface area contributed by atoms with Crippen LogP contribution in [0.4, 0.5) is 0 Å². The van der Waals surface area contributed by atoms with Gasteiger partial charge in [-0.25, -0.2) is 4.79 Å². The molecular formula is C24H24N2O3. The summed E-state index contributed by atoms with van der Waals surface area (Å²) in [5.41, 5.74) is 4.33. The Kier molecular flexibility index (Phi) is 5.30. The number of para-hydroxylation sites is 1. The first-order valence-electron chi connectivity index (χ1n) is 9.95. The number of nitrogens with one attached hydrogen (secondary N) is 1. The van der Waals surface area contributed by atoms with E-state index in [0.717, 1.165) is 40.6 Å². The van der Waals surface area contributed by atoms with Gasteiger partial charge in [-0.05, 0) is 44.4 Å². The molecule has 5 nitrogen and oxygen atoms in total. The van der Waals surface area contributed by atoms with Crippen LogP contribution >= 0.6 is 0 Å². The van der Waals surface area contributed by atoms with Crippen LogP contribution in [0.15, 0.2) is 54.6 Å². The number of aromatic nitrogens is 1. The summed E-state index contributed by atoms with van der Waals surface area (Å²) in [6.45, 7) is 4.00. The molecule has 2 aromatic carbocycles. The van der Waals surface area contributed by atoms with E-state index in [1.807, 2.05) is 61.5 Å². The highest BCUT2D eigenvalue weighted by Gasteiger charge is 2.28. The van der Waals surface area contributed by atoms with Crippen LogP contribution in [0.3, 0.4) is 0 Å². The van der Waals surface area contributed by atoms with E-state index in [0.29, 0.717) is 18.0 Å². The van der Waals surface area contributed by atoms with E-state index in [9.17, 15) is 9.59 Å². The molecule has 0 radical (unpaired) electrons. The molecule has 148 valence electrons. The van der Waals surface area contributed by atoms with Gasteiger partial charge in [0.2, 0.25) is 0 Å². The van der Waals surface area contributed by atoms with Gasteiger partial charge in [0.05, 0.1) is 11.1 Å². The lowest BCUT2D eigenvalue weighted by Gasteiger charge is -2.15. The topological polar surface area (TPSA) is 68.3 Å². The van der Waals surface area contributed by atoms with Crippen molar-refractivity contribution >= 4 is 22.8 Å². The van der Waals surface area contributed by atoms with E-state index in [-0.39, 0.29) is 5.91 Å².